The number of hydrogen-bond acceptors (Lipinski definition) is 3. The standard InChI is InChI=1S/C21H30N2O3/c1-4-5-6-7-8-9-10-11-16-26-21(25)17(2)23-20(24)18-12-14-19(22-3)15-13-18/h12-15,17H,4-11,16H2,1-2H3,(H,23,24)/t17-/m0/s1. The second kappa shape index (κ2) is 12.9. The molecule has 26 heavy (non-hydrogen) atoms. The zero-order chi connectivity index (χ0) is 19.2. The second-order valence-electron chi connectivity index (χ2n) is 6.50. The van der Waals surface area contributed by atoms with Crippen LogP contribution in [-0.4, -0.2) is 24.5 Å². The first kappa shape index (κ1) is 21.7. The van der Waals surface area contributed by atoms with Gasteiger partial charge in [-0.15, -0.1) is 0 Å². The topological polar surface area (TPSA) is 59.8 Å². The number of benzene rings is 1. The Labute approximate surface area is 156 Å². The molecule has 0 spiro atoms. The van der Waals surface area contributed by atoms with Gasteiger partial charge in [-0.1, -0.05) is 76.1 Å². The van der Waals surface area contributed by atoms with Crippen molar-refractivity contribution in [1.82, 2.24) is 5.32 Å². The van der Waals surface area contributed by atoms with Crippen LogP contribution in [0.25, 0.3) is 4.85 Å². The minimum Gasteiger partial charge on any atom is -0.464 e. The predicted octanol–water partition coefficient (Wildman–Crippen LogP) is 5.04. The maximum absolute atomic E-state index is 12.1. The molecule has 0 aliphatic heterocycles. The summed E-state index contributed by atoms with van der Waals surface area (Å²) < 4.78 is 5.23. The van der Waals surface area contributed by atoms with Crippen molar-refractivity contribution in [1.29, 1.82) is 0 Å². The van der Waals surface area contributed by atoms with Gasteiger partial charge in [-0.2, -0.15) is 0 Å². The van der Waals surface area contributed by atoms with Gasteiger partial charge >= 0.3 is 5.97 Å². The van der Waals surface area contributed by atoms with Gasteiger partial charge in [0.15, 0.2) is 5.69 Å². The highest BCUT2D eigenvalue weighted by molar-refractivity contribution is 5.96. The van der Waals surface area contributed by atoms with E-state index < -0.39 is 12.0 Å². The van der Waals surface area contributed by atoms with Crippen LogP contribution in [0.5, 0.6) is 0 Å². The van der Waals surface area contributed by atoms with E-state index in [9.17, 15) is 9.59 Å². The SMILES string of the molecule is [C-]#[N+]c1ccc(C(=O)N[C@@H](C)C(=O)OCCCCCCCCCC)cc1. The van der Waals surface area contributed by atoms with Crippen molar-refractivity contribution in [3.63, 3.8) is 0 Å². The van der Waals surface area contributed by atoms with E-state index in [1.165, 1.54) is 38.5 Å². The molecule has 0 aliphatic rings. The lowest BCUT2D eigenvalue weighted by atomic mass is 10.1. The number of amides is 1. The van der Waals surface area contributed by atoms with Gasteiger partial charge in [-0.3, -0.25) is 4.79 Å². The summed E-state index contributed by atoms with van der Waals surface area (Å²) in [5, 5.41) is 2.62. The Morgan fingerprint density at radius 2 is 1.62 bits per heavy atom. The number of carbonyl (C=O) groups excluding carboxylic acids is 2. The smallest absolute Gasteiger partial charge is 0.328 e. The van der Waals surface area contributed by atoms with Crippen LogP contribution in [0.1, 0.15) is 75.6 Å². The van der Waals surface area contributed by atoms with Crippen LogP contribution in [0.2, 0.25) is 0 Å². The Bertz CT molecular complexity index is 590. The largest absolute Gasteiger partial charge is 0.464 e. The molecule has 1 atom stereocenters. The highest BCUT2D eigenvalue weighted by atomic mass is 16.5. The van der Waals surface area contributed by atoms with E-state index in [0.717, 1.165) is 12.8 Å². The van der Waals surface area contributed by atoms with Crippen LogP contribution in [0.3, 0.4) is 0 Å². The van der Waals surface area contributed by atoms with E-state index in [2.05, 4.69) is 17.1 Å². The summed E-state index contributed by atoms with van der Waals surface area (Å²) in [6, 6.07) is 5.60. The van der Waals surface area contributed by atoms with Crippen LogP contribution in [0.4, 0.5) is 5.69 Å². The lowest BCUT2D eigenvalue weighted by Crippen LogP contribution is -2.39. The molecule has 1 N–H and O–H groups in total. The Morgan fingerprint density at radius 3 is 2.19 bits per heavy atom. The zero-order valence-electron chi connectivity index (χ0n) is 15.9. The summed E-state index contributed by atoms with van der Waals surface area (Å²) >= 11 is 0. The van der Waals surface area contributed by atoms with Crippen LogP contribution >= 0.6 is 0 Å². The quantitative estimate of drug-likeness (QED) is 0.323. The fourth-order valence-corrected chi connectivity index (χ4v) is 2.56. The molecule has 1 amide bonds. The summed E-state index contributed by atoms with van der Waals surface area (Å²) in [5.41, 5.74) is 0.888. The number of esters is 1. The van der Waals surface area contributed by atoms with E-state index in [1.807, 2.05) is 0 Å². The third-order valence-electron chi connectivity index (χ3n) is 4.20. The number of carbonyl (C=O) groups is 2. The Hall–Kier alpha value is -2.35. The van der Waals surface area contributed by atoms with Crippen molar-refractivity contribution in [2.75, 3.05) is 6.61 Å². The van der Waals surface area contributed by atoms with Crippen LogP contribution in [-0.2, 0) is 9.53 Å². The van der Waals surface area contributed by atoms with E-state index in [-0.39, 0.29) is 5.91 Å². The molecule has 0 fully saturated rings. The van der Waals surface area contributed by atoms with Crippen molar-refractivity contribution in [3.05, 3.63) is 41.2 Å². The average molecular weight is 358 g/mol. The predicted molar refractivity (Wildman–Crippen MR) is 103 cm³/mol. The summed E-state index contributed by atoms with van der Waals surface area (Å²) in [5.74, 6) is -0.767. The van der Waals surface area contributed by atoms with Crippen molar-refractivity contribution in [2.24, 2.45) is 0 Å². The van der Waals surface area contributed by atoms with E-state index in [4.69, 9.17) is 11.3 Å². The first-order chi connectivity index (χ1) is 12.6. The van der Waals surface area contributed by atoms with Crippen molar-refractivity contribution in [3.8, 4) is 0 Å². The fourth-order valence-electron chi connectivity index (χ4n) is 2.56. The minimum absolute atomic E-state index is 0.349. The lowest BCUT2D eigenvalue weighted by Gasteiger charge is -2.13. The Balaban J connectivity index is 2.18. The molecule has 0 aromatic heterocycles. The average Bonchev–Trinajstić information content (AvgIpc) is 2.66. The number of unbranched alkanes of at least 4 members (excludes halogenated alkanes) is 7. The molecule has 142 valence electrons. The molecule has 0 unspecified atom stereocenters. The van der Waals surface area contributed by atoms with E-state index in [1.54, 1.807) is 31.2 Å². The molecule has 5 heteroatoms. The maximum atomic E-state index is 12.1. The number of hydrogen-bond donors (Lipinski definition) is 1. The molecular formula is C21H30N2O3. The van der Waals surface area contributed by atoms with Crippen LogP contribution < -0.4 is 5.32 Å². The van der Waals surface area contributed by atoms with Crippen molar-refractivity contribution in [2.45, 2.75) is 71.3 Å². The highest BCUT2D eigenvalue weighted by Crippen LogP contribution is 2.12. The van der Waals surface area contributed by atoms with Gasteiger partial charge in [0.2, 0.25) is 0 Å². The van der Waals surface area contributed by atoms with Gasteiger partial charge < -0.3 is 10.1 Å². The van der Waals surface area contributed by atoms with Gasteiger partial charge in [0.1, 0.15) is 6.04 Å². The number of ether oxygens (including phenoxy) is 1. The Morgan fingerprint density at radius 1 is 1.04 bits per heavy atom. The van der Waals surface area contributed by atoms with Gasteiger partial charge in [0.05, 0.1) is 13.2 Å². The second-order valence-corrected chi connectivity index (χ2v) is 6.50. The van der Waals surface area contributed by atoms with Gasteiger partial charge in [0.25, 0.3) is 5.91 Å². The number of nitrogens with one attached hydrogen (secondary N) is 1. The third kappa shape index (κ3) is 8.66. The van der Waals surface area contributed by atoms with Crippen LogP contribution in [0, 0.1) is 6.57 Å². The zero-order valence-corrected chi connectivity index (χ0v) is 15.9. The first-order valence-electron chi connectivity index (χ1n) is 9.53. The van der Waals surface area contributed by atoms with Crippen LogP contribution in [0.15, 0.2) is 24.3 Å². The minimum atomic E-state index is -0.697. The molecule has 1 rings (SSSR count). The lowest BCUT2D eigenvalue weighted by molar-refractivity contribution is -0.145. The summed E-state index contributed by atoms with van der Waals surface area (Å²) in [6.45, 7) is 11.1. The molecule has 0 bridgehead atoms. The maximum Gasteiger partial charge on any atom is 0.328 e. The molecule has 0 saturated carbocycles. The fraction of sp³-hybridized carbons (Fsp3) is 0.571. The van der Waals surface area contributed by atoms with Crippen molar-refractivity contribution >= 4 is 17.6 Å². The first-order valence-corrected chi connectivity index (χ1v) is 9.53. The molecular weight excluding hydrogens is 328 g/mol. The van der Waals surface area contributed by atoms with E-state index in [0.29, 0.717) is 17.9 Å². The molecule has 0 heterocycles. The highest BCUT2D eigenvalue weighted by Gasteiger charge is 2.17. The molecule has 5 nitrogen and oxygen atoms in total. The van der Waals surface area contributed by atoms with Gasteiger partial charge in [-0.25, -0.2) is 9.64 Å². The molecule has 1 aromatic rings. The molecule has 0 aliphatic carbocycles. The monoisotopic (exact) mass is 358 g/mol. The summed E-state index contributed by atoms with van der Waals surface area (Å²) in [6.07, 6.45) is 9.51. The molecule has 0 radical (unpaired) electrons. The number of nitrogens with zero attached hydrogens (tertiary/aromatic N) is 1. The van der Waals surface area contributed by atoms with Crippen molar-refractivity contribution < 1.29 is 14.3 Å². The molecule has 0 saturated heterocycles. The van der Waals surface area contributed by atoms with E-state index >= 15 is 0 Å². The normalized spacial score (nSPS) is 11.4. The van der Waals surface area contributed by atoms with Gasteiger partial charge in [0, 0.05) is 5.56 Å². The third-order valence-corrected chi connectivity index (χ3v) is 4.20. The summed E-state index contributed by atoms with van der Waals surface area (Å²) in [7, 11) is 0. The Kier molecular flexibility index (Phi) is 10.8. The van der Waals surface area contributed by atoms with Gasteiger partial charge in [-0.05, 0) is 13.3 Å². The molecule has 1 aromatic carbocycles. The number of rotatable bonds is 12. The summed E-state index contributed by atoms with van der Waals surface area (Å²) in [4.78, 5) is 27.3.